The van der Waals surface area contributed by atoms with Crippen molar-refractivity contribution in [1.29, 1.82) is 0 Å². The van der Waals surface area contributed by atoms with E-state index in [4.69, 9.17) is 0 Å². The highest BCUT2D eigenvalue weighted by atomic mass is 32.1. The lowest BCUT2D eigenvalue weighted by Gasteiger charge is -2.18. The molecule has 0 spiro atoms. The normalized spacial score (nSPS) is 17.1. The van der Waals surface area contributed by atoms with Gasteiger partial charge in [-0.15, -0.1) is 11.3 Å². The molecule has 1 aliphatic carbocycles. The molecule has 0 saturated heterocycles. The molecule has 1 aromatic carbocycles. The summed E-state index contributed by atoms with van der Waals surface area (Å²) in [6.07, 6.45) is 5.28. The van der Waals surface area contributed by atoms with E-state index in [2.05, 4.69) is 36.6 Å². The quantitative estimate of drug-likeness (QED) is 0.625. The molecule has 0 unspecified atom stereocenters. The first-order valence-electron chi connectivity index (χ1n) is 6.01. The predicted molar refractivity (Wildman–Crippen MR) is 72.9 cm³/mol. The van der Waals surface area contributed by atoms with Crippen molar-refractivity contribution in [2.24, 2.45) is 0 Å². The van der Waals surface area contributed by atoms with E-state index in [1.165, 1.54) is 41.3 Å². The number of thiophene rings is 1. The van der Waals surface area contributed by atoms with Crippen molar-refractivity contribution in [3.05, 3.63) is 40.8 Å². The van der Waals surface area contributed by atoms with E-state index in [1.54, 1.807) is 11.1 Å². The first-order valence-corrected chi connectivity index (χ1v) is 6.89. The monoisotopic (exact) mass is 228 g/mol. The van der Waals surface area contributed by atoms with Crippen molar-refractivity contribution in [2.45, 2.75) is 32.6 Å². The molecule has 1 aliphatic rings. The molecule has 82 valence electrons. The number of hydrogen-bond donors (Lipinski definition) is 0. The van der Waals surface area contributed by atoms with Crippen LogP contribution in [-0.4, -0.2) is 0 Å². The molecule has 0 N–H and O–H groups in total. The summed E-state index contributed by atoms with van der Waals surface area (Å²) >= 11 is 1.88. The maximum atomic E-state index is 2.31. The van der Waals surface area contributed by atoms with Gasteiger partial charge in [-0.3, -0.25) is 0 Å². The standard InChI is InChI=1S/C15H16S/c1-11-5-2-3-7-13(11)14-8-4-6-12-9-10-16-15(12)14/h4,6,8-10H,2-3,5,7H2,1H3. The summed E-state index contributed by atoms with van der Waals surface area (Å²) in [5, 5.41) is 3.60. The van der Waals surface area contributed by atoms with Gasteiger partial charge in [-0.05, 0) is 60.6 Å². The Labute approximate surface area is 101 Å². The molecule has 0 atom stereocenters. The molecule has 0 saturated carbocycles. The molecule has 0 amide bonds. The van der Waals surface area contributed by atoms with Gasteiger partial charge >= 0.3 is 0 Å². The van der Waals surface area contributed by atoms with Crippen molar-refractivity contribution in [3.63, 3.8) is 0 Å². The number of allylic oxidation sites excluding steroid dienone is 2. The van der Waals surface area contributed by atoms with Gasteiger partial charge in [0.25, 0.3) is 0 Å². The molecule has 2 aromatic rings. The van der Waals surface area contributed by atoms with Gasteiger partial charge in [0.15, 0.2) is 0 Å². The molecular formula is C15H16S. The topological polar surface area (TPSA) is 0 Å². The highest BCUT2D eigenvalue weighted by molar-refractivity contribution is 7.17. The van der Waals surface area contributed by atoms with Gasteiger partial charge < -0.3 is 0 Å². The molecule has 0 fully saturated rings. The Balaban J connectivity index is 2.21. The van der Waals surface area contributed by atoms with E-state index in [1.807, 2.05) is 11.3 Å². The van der Waals surface area contributed by atoms with Crippen LogP contribution >= 0.6 is 11.3 Å². The smallest absolute Gasteiger partial charge is 0.0417 e. The Morgan fingerprint density at radius 2 is 1.94 bits per heavy atom. The summed E-state index contributed by atoms with van der Waals surface area (Å²) in [5.41, 5.74) is 4.70. The second-order valence-electron chi connectivity index (χ2n) is 4.61. The number of hydrogen-bond acceptors (Lipinski definition) is 1. The minimum Gasteiger partial charge on any atom is -0.143 e. The van der Waals surface area contributed by atoms with Crippen LogP contribution in [0, 0.1) is 0 Å². The highest BCUT2D eigenvalue weighted by Crippen LogP contribution is 2.37. The van der Waals surface area contributed by atoms with Gasteiger partial charge in [-0.2, -0.15) is 0 Å². The van der Waals surface area contributed by atoms with Gasteiger partial charge in [0.1, 0.15) is 0 Å². The molecule has 0 bridgehead atoms. The third kappa shape index (κ3) is 1.60. The third-order valence-electron chi connectivity index (χ3n) is 3.55. The van der Waals surface area contributed by atoms with Crippen molar-refractivity contribution < 1.29 is 0 Å². The summed E-state index contributed by atoms with van der Waals surface area (Å²) in [5.74, 6) is 0. The number of rotatable bonds is 1. The van der Waals surface area contributed by atoms with E-state index in [-0.39, 0.29) is 0 Å². The van der Waals surface area contributed by atoms with E-state index >= 15 is 0 Å². The Bertz CT molecular complexity index is 545. The molecule has 1 heteroatoms. The van der Waals surface area contributed by atoms with Gasteiger partial charge in [0.05, 0.1) is 0 Å². The van der Waals surface area contributed by atoms with Crippen LogP contribution in [0.15, 0.2) is 35.2 Å². The van der Waals surface area contributed by atoms with Crippen LogP contribution in [0.5, 0.6) is 0 Å². The first kappa shape index (κ1) is 10.1. The van der Waals surface area contributed by atoms with Crippen molar-refractivity contribution in [1.82, 2.24) is 0 Å². The molecule has 0 radical (unpaired) electrons. The van der Waals surface area contributed by atoms with Crippen molar-refractivity contribution in [2.75, 3.05) is 0 Å². The Hall–Kier alpha value is -1.08. The van der Waals surface area contributed by atoms with E-state index in [0.717, 1.165) is 0 Å². The van der Waals surface area contributed by atoms with Crippen LogP contribution < -0.4 is 0 Å². The summed E-state index contributed by atoms with van der Waals surface area (Å²) in [6.45, 7) is 2.31. The lowest BCUT2D eigenvalue weighted by molar-refractivity contribution is 0.715. The van der Waals surface area contributed by atoms with Gasteiger partial charge in [0.2, 0.25) is 0 Å². The van der Waals surface area contributed by atoms with Gasteiger partial charge in [0, 0.05) is 4.70 Å². The summed E-state index contributed by atoms with van der Waals surface area (Å²) in [6, 6.07) is 8.93. The summed E-state index contributed by atoms with van der Waals surface area (Å²) in [4.78, 5) is 0. The Morgan fingerprint density at radius 3 is 2.81 bits per heavy atom. The van der Waals surface area contributed by atoms with Crippen LogP contribution in [0.3, 0.4) is 0 Å². The van der Waals surface area contributed by atoms with Gasteiger partial charge in [-0.25, -0.2) is 0 Å². The SMILES string of the molecule is CC1=C(c2cccc3ccsc23)CCCC1. The average molecular weight is 228 g/mol. The predicted octanol–water partition coefficient (Wildman–Crippen LogP) is 5.25. The highest BCUT2D eigenvalue weighted by Gasteiger charge is 2.13. The second kappa shape index (κ2) is 4.06. The minimum absolute atomic E-state index is 1.27. The fourth-order valence-electron chi connectivity index (χ4n) is 2.65. The van der Waals surface area contributed by atoms with Crippen LogP contribution in [0.4, 0.5) is 0 Å². The number of fused-ring (bicyclic) bond motifs is 1. The molecule has 1 aromatic heterocycles. The Morgan fingerprint density at radius 1 is 1.06 bits per heavy atom. The molecule has 0 aliphatic heterocycles. The summed E-state index contributed by atoms with van der Waals surface area (Å²) in [7, 11) is 0. The van der Waals surface area contributed by atoms with Crippen LogP contribution in [0.1, 0.15) is 38.2 Å². The number of benzene rings is 1. The van der Waals surface area contributed by atoms with E-state index < -0.39 is 0 Å². The van der Waals surface area contributed by atoms with Crippen LogP contribution in [-0.2, 0) is 0 Å². The largest absolute Gasteiger partial charge is 0.143 e. The molecular weight excluding hydrogens is 212 g/mol. The zero-order valence-electron chi connectivity index (χ0n) is 9.62. The zero-order chi connectivity index (χ0) is 11.0. The maximum Gasteiger partial charge on any atom is 0.0417 e. The second-order valence-corrected chi connectivity index (χ2v) is 5.53. The average Bonchev–Trinajstić information content (AvgIpc) is 2.77. The maximum absolute atomic E-state index is 2.31. The zero-order valence-corrected chi connectivity index (χ0v) is 10.4. The Kier molecular flexibility index (Phi) is 2.56. The van der Waals surface area contributed by atoms with Crippen molar-refractivity contribution >= 4 is 27.0 Å². The molecule has 0 nitrogen and oxygen atoms in total. The lowest BCUT2D eigenvalue weighted by Crippen LogP contribution is -1.96. The first-order chi connectivity index (χ1) is 7.86. The molecule has 16 heavy (non-hydrogen) atoms. The molecule has 1 heterocycles. The van der Waals surface area contributed by atoms with E-state index in [9.17, 15) is 0 Å². The fraction of sp³-hybridized carbons (Fsp3) is 0.333. The summed E-state index contributed by atoms with van der Waals surface area (Å²) < 4.78 is 1.47. The fourth-order valence-corrected chi connectivity index (χ4v) is 3.59. The van der Waals surface area contributed by atoms with Gasteiger partial charge in [-0.1, -0.05) is 23.8 Å². The molecule has 3 rings (SSSR count). The van der Waals surface area contributed by atoms with Crippen molar-refractivity contribution in [3.8, 4) is 0 Å². The third-order valence-corrected chi connectivity index (χ3v) is 4.51. The lowest BCUT2D eigenvalue weighted by atomic mass is 9.88. The minimum atomic E-state index is 1.27. The van der Waals surface area contributed by atoms with Crippen LogP contribution in [0.25, 0.3) is 15.7 Å². The van der Waals surface area contributed by atoms with Crippen LogP contribution in [0.2, 0.25) is 0 Å². The van der Waals surface area contributed by atoms with E-state index in [0.29, 0.717) is 0 Å².